The Morgan fingerprint density at radius 2 is 1.71 bits per heavy atom. The van der Waals surface area contributed by atoms with Gasteiger partial charge in [-0.3, -0.25) is 9.69 Å². The van der Waals surface area contributed by atoms with Crippen molar-refractivity contribution in [3.05, 3.63) is 71.8 Å². The van der Waals surface area contributed by atoms with Crippen LogP contribution in [0.3, 0.4) is 0 Å². The predicted octanol–water partition coefficient (Wildman–Crippen LogP) is 5.57. The highest BCUT2D eigenvalue weighted by Gasteiger charge is 2.18. The molecule has 0 fully saturated rings. The fourth-order valence-electron chi connectivity index (χ4n) is 2.76. The van der Waals surface area contributed by atoms with E-state index in [1.807, 2.05) is 43.3 Å². The standard InChI is InChI=1S/C23H25N3OS/c1-5-26(20(27)16-11-17-9-7-6-8-10-17)22-25-24-21(28-22)18-12-14-19(15-13-18)23(2,3)4/h6-16H,5H2,1-4H3. The van der Waals surface area contributed by atoms with Crippen LogP contribution in [0.5, 0.6) is 0 Å². The van der Waals surface area contributed by atoms with Crippen LogP contribution in [0.25, 0.3) is 16.6 Å². The molecule has 28 heavy (non-hydrogen) atoms. The number of likely N-dealkylation sites (N-methyl/N-ethyl adjacent to an activating group) is 1. The molecule has 0 unspecified atom stereocenters. The molecule has 0 aliphatic heterocycles. The Hall–Kier alpha value is -2.79. The highest BCUT2D eigenvalue weighted by molar-refractivity contribution is 7.18. The van der Waals surface area contributed by atoms with Crippen LogP contribution < -0.4 is 4.90 Å². The largest absolute Gasteiger partial charge is 0.283 e. The molecule has 0 spiro atoms. The number of nitrogens with zero attached hydrogens (tertiary/aromatic N) is 3. The first-order chi connectivity index (χ1) is 13.4. The number of hydrogen-bond acceptors (Lipinski definition) is 4. The van der Waals surface area contributed by atoms with Gasteiger partial charge in [-0.2, -0.15) is 0 Å². The number of anilines is 1. The summed E-state index contributed by atoms with van der Waals surface area (Å²) in [5.41, 5.74) is 3.39. The van der Waals surface area contributed by atoms with Crippen LogP contribution in [-0.2, 0) is 10.2 Å². The number of hydrogen-bond donors (Lipinski definition) is 0. The van der Waals surface area contributed by atoms with E-state index in [0.717, 1.165) is 16.1 Å². The van der Waals surface area contributed by atoms with E-state index in [2.05, 4.69) is 55.2 Å². The molecule has 4 nitrogen and oxygen atoms in total. The van der Waals surface area contributed by atoms with E-state index in [0.29, 0.717) is 11.7 Å². The first-order valence-electron chi connectivity index (χ1n) is 9.37. The summed E-state index contributed by atoms with van der Waals surface area (Å²) in [4.78, 5) is 14.3. The molecule has 1 amide bonds. The van der Waals surface area contributed by atoms with E-state index in [1.54, 1.807) is 11.0 Å². The molecule has 0 radical (unpaired) electrons. The Morgan fingerprint density at radius 3 is 2.32 bits per heavy atom. The molecule has 0 saturated carbocycles. The summed E-state index contributed by atoms with van der Waals surface area (Å²) >= 11 is 1.43. The molecule has 0 bridgehead atoms. The van der Waals surface area contributed by atoms with Gasteiger partial charge in [0.1, 0.15) is 5.01 Å². The van der Waals surface area contributed by atoms with Gasteiger partial charge in [-0.25, -0.2) is 0 Å². The van der Waals surface area contributed by atoms with Crippen molar-refractivity contribution in [1.82, 2.24) is 10.2 Å². The minimum Gasteiger partial charge on any atom is -0.283 e. The minimum absolute atomic E-state index is 0.0999. The van der Waals surface area contributed by atoms with Gasteiger partial charge in [0.2, 0.25) is 5.13 Å². The summed E-state index contributed by atoms with van der Waals surface area (Å²) in [7, 11) is 0. The van der Waals surface area contributed by atoms with Gasteiger partial charge in [0.15, 0.2) is 0 Å². The van der Waals surface area contributed by atoms with Crippen molar-refractivity contribution < 1.29 is 4.79 Å². The third-order valence-electron chi connectivity index (χ3n) is 4.44. The van der Waals surface area contributed by atoms with Crippen molar-refractivity contribution >= 4 is 28.5 Å². The van der Waals surface area contributed by atoms with Crippen molar-refractivity contribution in [1.29, 1.82) is 0 Å². The highest BCUT2D eigenvalue weighted by atomic mass is 32.1. The molecule has 2 aromatic carbocycles. The summed E-state index contributed by atoms with van der Waals surface area (Å²) in [6.07, 6.45) is 3.40. The summed E-state index contributed by atoms with van der Waals surface area (Å²) in [5, 5.41) is 9.97. The van der Waals surface area contributed by atoms with Gasteiger partial charge in [0.05, 0.1) is 0 Å². The lowest BCUT2D eigenvalue weighted by molar-refractivity contribution is -0.114. The van der Waals surface area contributed by atoms with Gasteiger partial charge in [-0.05, 0) is 29.5 Å². The van der Waals surface area contributed by atoms with Crippen LogP contribution in [0, 0.1) is 0 Å². The number of rotatable bonds is 5. The molecule has 5 heteroatoms. The lowest BCUT2D eigenvalue weighted by atomic mass is 9.87. The van der Waals surface area contributed by atoms with Crippen molar-refractivity contribution in [2.75, 3.05) is 11.4 Å². The van der Waals surface area contributed by atoms with E-state index in [-0.39, 0.29) is 11.3 Å². The van der Waals surface area contributed by atoms with Crippen LogP contribution in [0.1, 0.15) is 38.8 Å². The quantitative estimate of drug-likeness (QED) is 0.534. The Kier molecular flexibility index (Phi) is 6.05. The molecule has 1 aromatic heterocycles. The summed E-state index contributed by atoms with van der Waals surface area (Å²) < 4.78 is 0. The molecule has 0 N–H and O–H groups in total. The number of amides is 1. The molecule has 0 atom stereocenters. The molecule has 144 valence electrons. The van der Waals surface area contributed by atoms with Gasteiger partial charge in [0.25, 0.3) is 5.91 Å². The maximum Gasteiger partial charge on any atom is 0.252 e. The van der Waals surface area contributed by atoms with Gasteiger partial charge in [0, 0.05) is 18.2 Å². The number of benzene rings is 2. The zero-order chi connectivity index (χ0) is 20.1. The summed E-state index contributed by atoms with van der Waals surface area (Å²) in [5.74, 6) is -0.0999. The fourth-order valence-corrected chi connectivity index (χ4v) is 3.68. The van der Waals surface area contributed by atoms with Crippen LogP contribution in [0.2, 0.25) is 0 Å². The highest BCUT2D eigenvalue weighted by Crippen LogP contribution is 2.31. The summed E-state index contributed by atoms with van der Waals surface area (Å²) in [6, 6.07) is 18.2. The van der Waals surface area contributed by atoms with Gasteiger partial charge >= 0.3 is 0 Å². The zero-order valence-corrected chi connectivity index (χ0v) is 17.5. The topological polar surface area (TPSA) is 46.1 Å². The molecule has 0 aliphatic carbocycles. The third kappa shape index (κ3) is 4.73. The average Bonchev–Trinajstić information content (AvgIpc) is 3.17. The monoisotopic (exact) mass is 391 g/mol. The first kappa shape index (κ1) is 20.0. The van der Waals surface area contributed by atoms with Gasteiger partial charge < -0.3 is 0 Å². The minimum atomic E-state index is -0.0999. The van der Waals surface area contributed by atoms with Gasteiger partial charge in [-0.15, -0.1) is 10.2 Å². The SMILES string of the molecule is CCN(C(=O)C=Cc1ccccc1)c1nnc(-c2ccc(C(C)(C)C)cc2)s1. The smallest absolute Gasteiger partial charge is 0.252 e. The molecular formula is C23H25N3OS. The van der Waals surface area contributed by atoms with Crippen molar-refractivity contribution in [3.8, 4) is 10.6 Å². The fraction of sp³-hybridized carbons (Fsp3) is 0.261. The second kappa shape index (κ2) is 8.48. The number of aromatic nitrogens is 2. The van der Waals surface area contributed by atoms with Crippen molar-refractivity contribution in [3.63, 3.8) is 0 Å². The molecule has 0 aliphatic rings. The lowest BCUT2D eigenvalue weighted by Crippen LogP contribution is -2.28. The molecule has 3 aromatic rings. The average molecular weight is 392 g/mol. The summed E-state index contributed by atoms with van der Waals surface area (Å²) in [6.45, 7) is 9.05. The zero-order valence-electron chi connectivity index (χ0n) is 16.7. The Morgan fingerprint density at radius 1 is 1.04 bits per heavy atom. The third-order valence-corrected chi connectivity index (χ3v) is 5.44. The Labute approximate surface area is 170 Å². The Balaban J connectivity index is 1.77. The maximum absolute atomic E-state index is 12.6. The second-order valence-corrected chi connectivity index (χ2v) is 8.50. The lowest BCUT2D eigenvalue weighted by Gasteiger charge is -2.18. The molecule has 3 rings (SSSR count). The molecular weight excluding hydrogens is 366 g/mol. The van der Waals surface area contributed by atoms with Crippen LogP contribution in [0.15, 0.2) is 60.7 Å². The van der Waals surface area contributed by atoms with E-state index >= 15 is 0 Å². The van der Waals surface area contributed by atoms with Crippen molar-refractivity contribution in [2.45, 2.75) is 33.1 Å². The van der Waals surface area contributed by atoms with Crippen LogP contribution in [-0.4, -0.2) is 22.6 Å². The molecule has 0 saturated heterocycles. The number of carbonyl (C=O) groups excluding carboxylic acids is 1. The first-order valence-corrected chi connectivity index (χ1v) is 10.2. The van der Waals surface area contributed by atoms with Crippen molar-refractivity contribution in [2.24, 2.45) is 0 Å². The van der Waals surface area contributed by atoms with E-state index in [4.69, 9.17) is 0 Å². The predicted molar refractivity (Wildman–Crippen MR) is 118 cm³/mol. The molecule has 1 heterocycles. The van der Waals surface area contributed by atoms with E-state index < -0.39 is 0 Å². The van der Waals surface area contributed by atoms with Gasteiger partial charge in [-0.1, -0.05) is 86.7 Å². The van der Waals surface area contributed by atoms with E-state index in [9.17, 15) is 4.79 Å². The Bertz CT molecular complexity index is 954. The van der Waals surface area contributed by atoms with E-state index in [1.165, 1.54) is 16.9 Å². The van der Waals surface area contributed by atoms with Crippen LogP contribution >= 0.6 is 11.3 Å². The van der Waals surface area contributed by atoms with Crippen LogP contribution in [0.4, 0.5) is 5.13 Å². The maximum atomic E-state index is 12.6. The second-order valence-electron chi connectivity index (χ2n) is 7.54. The number of carbonyl (C=O) groups is 1. The normalized spacial score (nSPS) is 11.7.